The van der Waals surface area contributed by atoms with E-state index in [9.17, 15) is 0 Å². The highest BCUT2D eigenvalue weighted by molar-refractivity contribution is 6.37. The third kappa shape index (κ3) is 1.54. The summed E-state index contributed by atoms with van der Waals surface area (Å²) in [4.78, 5) is 0. The second-order valence-corrected chi connectivity index (χ2v) is 3.73. The lowest BCUT2D eigenvalue weighted by Crippen LogP contribution is -1.92. The van der Waals surface area contributed by atoms with Crippen molar-refractivity contribution in [2.75, 3.05) is 0 Å². The van der Waals surface area contributed by atoms with Gasteiger partial charge in [0.1, 0.15) is 0 Å². The van der Waals surface area contributed by atoms with Crippen LogP contribution in [-0.4, -0.2) is 4.57 Å². The first kappa shape index (κ1) is 9.63. The Bertz CT molecular complexity index is 447. The van der Waals surface area contributed by atoms with Gasteiger partial charge >= 0.3 is 0 Å². The molecule has 0 aliphatic rings. The first-order valence-electron chi connectivity index (χ1n) is 4.13. The van der Waals surface area contributed by atoms with Crippen LogP contribution < -0.4 is 0 Å². The van der Waals surface area contributed by atoms with Crippen molar-refractivity contribution in [3.63, 3.8) is 0 Å². The molecule has 0 aliphatic heterocycles. The highest BCUT2D eigenvalue weighted by atomic mass is 35.5. The predicted molar refractivity (Wildman–Crippen MR) is 60.2 cm³/mol. The van der Waals surface area contributed by atoms with E-state index in [1.807, 2.05) is 35.2 Å². The second-order valence-electron chi connectivity index (χ2n) is 2.95. The summed E-state index contributed by atoms with van der Waals surface area (Å²) in [7, 11) is 0. The van der Waals surface area contributed by atoms with Gasteiger partial charge < -0.3 is 4.57 Å². The molecule has 71 valence electrons. The molecule has 2 aromatic rings. The molecule has 1 aromatic carbocycles. The quantitative estimate of drug-likeness (QED) is 0.692. The van der Waals surface area contributed by atoms with Gasteiger partial charge in [-0.25, -0.2) is 0 Å². The summed E-state index contributed by atoms with van der Waals surface area (Å²) < 4.78 is 1.92. The normalized spacial score (nSPS) is 10.5. The summed E-state index contributed by atoms with van der Waals surface area (Å²) in [5, 5.41) is 1.18. The molecule has 0 spiro atoms. The fraction of sp³-hybridized carbons (Fsp3) is 0. The van der Waals surface area contributed by atoms with Crippen molar-refractivity contribution in [3.8, 4) is 5.69 Å². The van der Waals surface area contributed by atoms with Crippen LogP contribution in [0.15, 0.2) is 36.7 Å². The van der Waals surface area contributed by atoms with Crippen LogP contribution in [0.2, 0.25) is 10.0 Å². The van der Waals surface area contributed by atoms with Gasteiger partial charge in [-0.3, -0.25) is 0 Å². The molecule has 0 fully saturated rings. The van der Waals surface area contributed by atoms with Crippen molar-refractivity contribution < 1.29 is 0 Å². The van der Waals surface area contributed by atoms with E-state index < -0.39 is 0 Å². The lowest BCUT2D eigenvalue weighted by Gasteiger charge is -2.08. The van der Waals surface area contributed by atoms with Crippen molar-refractivity contribution in [2.45, 2.75) is 0 Å². The number of benzene rings is 1. The number of aromatic nitrogens is 1. The monoisotopic (exact) mass is 224 g/mol. The van der Waals surface area contributed by atoms with Crippen LogP contribution in [0.25, 0.3) is 5.69 Å². The van der Waals surface area contributed by atoms with E-state index >= 15 is 0 Å². The highest BCUT2D eigenvalue weighted by Crippen LogP contribution is 2.29. The van der Waals surface area contributed by atoms with Gasteiger partial charge in [0.2, 0.25) is 0 Å². The summed E-state index contributed by atoms with van der Waals surface area (Å²) in [6, 6.07) is 7.55. The van der Waals surface area contributed by atoms with Gasteiger partial charge in [-0.05, 0) is 36.8 Å². The van der Waals surface area contributed by atoms with Crippen molar-refractivity contribution >= 4 is 23.2 Å². The second kappa shape index (κ2) is 3.68. The van der Waals surface area contributed by atoms with Crippen LogP contribution in [0.1, 0.15) is 5.56 Å². The SMILES string of the molecule is [CH2]c1c(Cl)ccc(-n2cccc2)c1Cl. The number of rotatable bonds is 1. The Balaban J connectivity index is 2.61. The molecule has 0 saturated heterocycles. The lowest BCUT2D eigenvalue weighted by molar-refractivity contribution is 1.08. The zero-order chi connectivity index (χ0) is 10.1. The smallest absolute Gasteiger partial charge is 0.0693 e. The van der Waals surface area contributed by atoms with Crippen molar-refractivity contribution in [1.82, 2.24) is 4.57 Å². The number of hydrogen-bond acceptors (Lipinski definition) is 0. The summed E-state index contributed by atoms with van der Waals surface area (Å²) >= 11 is 12.0. The fourth-order valence-corrected chi connectivity index (χ4v) is 1.75. The lowest BCUT2D eigenvalue weighted by atomic mass is 10.2. The Hall–Kier alpha value is -0.920. The maximum Gasteiger partial charge on any atom is 0.0693 e. The van der Waals surface area contributed by atoms with E-state index in [4.69, 9.17) is 23.2 Å². The summed E-state index contributed by atoms with van der Waals surface area (Å²) in [5.74, 6) is 0. The molecule has 0 unspecified atom stereocenters. The van der Waals surface area contributed by atoms with Gasteiger partial charge in [0.05, 0.1) is 10.7 Å². The molecule has 1 heterocycles. The van der Waals surface area contributed by atoms with Gasteiger partial charge in [-0.1, -0.05) is 23.2 Å². The minimum atomic E-state index is 0.589. The maximum absolute atomic E-state index is 6.12. The summed E-state index contributed by atoms with van der Waals surface area (Å²) in [5.41, 5.74) is 1.56. The Morgan fingerprint density at radius 2 is 1.71 bits per heavy atom. The van der Waals surface area contributed by atoms with Crippen molar-refractivity contribution in [2.24, 2.45) is 0 Å². The van der Waals surface area contributed by atoms with E-state index in [1.165, 1.54) is 0 Å². The Morgan fingerprint density at radius 1 is 1.07 bits per heavy atom. The molecular weight excluding hydrogens is 217 g/mol. The largest absolute Gasteiger partial charge is 0.322 e. The summed E-state index contributed by atoms with van der Waals surface area (Å²) in [6.07, 6.45) is 3.85. The van der Waals surface area contributed by atoms with Crippen LogP contribution in [0.4, 0.5) is 0 Å². The maximum atomic E-state index is 6.12. The van der Waals surface area contributed by atoms with Gasteiger partial charge in [0.15, 0.2) is 0 Å². The average Bonchev–Trinajstić information content (AvgIpc) is 2.67. The molecule has 0 atom stereocenters. The van der Waals surface area contributed by atoms with Crippen LogP contribution >= 0.6 is 23.2 Å². The summed E-state index contributed by atoms with van der Waals surface area (Å²) in [6.45, 7) is 3.81. The van der Waals surface area contributed by atoms with Crippen LogP contribution in [0.5, 0.6) is 0 Å². The molecule has 0 bridgehead atoms. The standard InChI is InChI=1S/C11H8Cl2N/c1-8-9(12)4-5-10(11(8)13)14-6-2-3-7-14/h2-7H,1H2. The van der Waals surface area contributed by atoms with Gasteiger partial charge in [-0.15, -0.1) is 0 Å². The molecule has 0 saturated carbocycles. The molecule has 14 heavy (non-hydrogen) atoms. The van der Waals surface area contributed by atoms with Gasteiger partial charge in [0.25, 0.3) is 0 Å². The molecule has 1 radical (unpaired) electrons. The minimum absolute atomic E-state index is 0.589. The van der Waals surface area contributed by atoms with E-state index in [-0.39, 0.29) is 0 Å². The van der Waals surface area contributed by atoms with E-state index in [0.717, 1.165) is 5.69 Å². The molecular formula is C11H8Cl2N. The predicted octanol–water partition coefficient (Wildman–Crippen LogP) is 3.97. The Kier molecular flexibility index (Phi) is 2.53. The van der Waals surface area contributed by atoms with Gasteiger partial charge in [0, 0.05) is 17.4 Å². The molecule has 0 amide bonds. The first-order chi connectivity index (χ1) is 6.70. The molecule has 0 aliphatic carbocycles. The van der Waals surface area contributed by atoms with E-state index in [0.29, 0.717) is 15.6 Å². The van der Waals surface area contributed by atoms with Gasteiger partial charge in [-0.2, -0.15) is 0 Å². The number of hydrogen-bond donors (Lipinski definition) is 0. The minimum Gasteiger partial charge on any atom is -0.322 e. The first-order valence-corrected chi connectivity index (χ1v) is 4.89. The molecule has 2 rings (SSSR count). The van der Waals surface area contributed by atoms with Crippen LogP contribution in [-0.2, 0) is 0 Å². The van der Waals surface area contributed by atoms with Crippen molar-refractivity contribution in [3.05, 3.63) is 59.2 Å². The fourth-order valence-electron chi connectivity index (χ4n) is 1.28. The third-order valence-corrected chi connectivity index (χ3v) is 2.82. The third-order valence-electron chi connectivity index (χ3n) is 2.05. The Labute approximate surface area is 92.9 Å². The Morgan fingerprint density at radius 3 is 2.36 bits per heavy atom. The number of nitrogens with zero attached hydrogens (tertiary/aromatic N) is 1. The number of halogens is 2. The van der Waals surface area contributed by atoms with Crippen LogP contribution in [0.3, 0.4) is 0 Å². The van der Waals surface area contributed by atoms with Crippen molar-refractivity contribution in [1.29, 1.82) is 0 Å². The van der Waals surface area contributed by atoms with E-state index in [1.54, 1.807) is 6.07 Å². The zero-order valence-corrected chi connectivity index (χ0v) is 8.89. The molecule has 0 N–H and O–H groups in total. The molecule has 1 nitrogen and oxygen atoms in total. The van der Waals surface area contributed by atoms with Crippen LogP contribution in [0, 0.1) is 6.92 Å². The molecule has 3 heteroatoms. The average molecular weight is 225 g/mol. The highest BCUT2D eigenvalue weighted by Gasteiger charge is 2.07. The topological polar surface area (TPSA) is 4.93 Å². The zero-order valence-electron chi connectivity index (χ0n) is 7.37. The van der Waals surface area contributed by atoms with E-state index in [2.05, 4.69) is 6.92 Å². The molecule has 1 aromatic heterocycles.